The number of carbonyl (C=O) groups is 3. The molecule has 0 aromatic rings. The molecule has 0 spiro atoms. The van der Waals surface area contributed by atoms with Crippen LogP contribution in [0.4, 0.5) is 13.2 Å². The first-order chi connectivity index (χ1) is 6.80. The summed E-state index contributed by atoms with van der Waals surface area (Å²) in [5.74, 6) is -4.19. The average molecular weight is 225 g/mol. The molecule has 1 atom stereocenters. The van der Waals surface area contributed by atoms with Gasteiger partial charge in [-0.15, -0.1) is 0 Å². The maximum Gasteiger partial charge on any atom is 0.471 e. The molecule has 1 fully saturated rings. The van der Waals surface area contributed by atoms with Crippen LogP contribution in [0, 0.1) is 0 Å². The van der Waals surface area contributed by atoms with Crippen molar-refractivity contribution in [2.45, 2.75) is 25.1 Å². The highest BCUT2D eigenvalue weighted by molar-refractivity contribution is 5.94. The number of cyclic esters (lactones) is 2. The fourth-order valence-electron chi connectivity index (χ4n) is 0.986. The molecule has 1 rings (SSSR count). The molecule has 0 unspecified atom stereocenters. The zero-order valence-corrected chi connectivity index (χ0v) is 7.26. The molecule has 0 radical (unpaired) electrons. The van der Waals surface area contributed by atoms with E-state index < -0.39 is 30.1 Å². The number of carbonyl (C=O) groups excluding carboxylic acids is 3. The largest absolute Gasteiger partial charge is 0.471 e. The van der Waals surface area contributed by atoms with Gasteiger partial charge in [0.2, 0.25) is 0 Å². The van der Waals surface area contributed by atoms with Crippen molar-refractivity contribution in [2.24, 2.45) is 0 Å². The van der Waals surface area contributed by atoms with E-state index in [4.69, 9.17) is 0 Å². The third kappa shape index (κ3) is 2.93. The van der Waals surface area contributed by atoms with Gasteiger partial charge in [-0.1, -0.05) is 0 Å². The highest BCUT2D eigenvalue weighted by Crippen LogP contribution is 2.16. The summed E-state index contributed by atoms with van der Waals surface area (Å²) in [5, 5.41) is 1.44. The van der Waals surface area contributed by atoms with E-state index in [1.165, 1.54) is 5.32 Å². The molecule has 1 heterocycles. The number of halogens is 3. The minimum Gasteiger partial charge on any atom is -0.392 e. The van der Waals surface area contributed by atoms with Crippen molar-refractivity contribution in [3.8, 4) is 0 Å². The first kappa shape index (κ1) is 11.5. The molecular formula is C7H6F3NO4. The molecule has 0 aromatic heterocycles. The molecule has 1 amide bonds. The van der Waals surface area contributed by atoms with Crippen LogP contribution in [0.5, 0.6) is 0 Å². The number of esters is 2. The van der Waals surface area contributed by atoms with Crippen LogP contribution < -0.4 is 5.32 Å². The van der Waals surface area contributed by atoms with Gasteiger partial charge in [0.15, 0.2) is 0 Å². The molecule has 0 bridgehead atoms. The highest BCUT2D eigenvalue weighted by Gasteiger charge is 2.42. The zero-order chi connectivity index (χ0) is 11.6. The Kier molecular flexibility index (Phi) is 2.96. The van der Waals surface area contributed by atoms with E-state index in [0.717, 1.165) is 0 Å². The Bertz CT molecular complexity index is 312. The molecule has 15 heavy (non-hydrogen) atoms. The van der Waals surface area contributed by atoms with Gasteiger partial charge in [0.05, 0.1) is 0 Å². The van der Waals surface area contributed by atoms with Gasteiger partial charge in [0.1, 0.15) is 6.04 Å². The second-order valence-corrected chi connectivity index (χ2v) is 2.86. The molecule has 0 saturated carbocycles. The average Bonchev–Trinajstić information content (AvgIpc) is 2.08. The third-order valence-electron chi connectivity index (χ3n) is 1.70. The molecule has 84 valence electrons. The van der Waals surface area contributed by atoms with Crippen molar-refractivity contribution in [3.63, 3.8) is 0 Å². The lowest BCUT2D eigenvalue weighted by Crippen LogP contribution is -2.49. The Balaban J connectivity index is 2.56. The topological polar surface area (TPSA) is 72.5 Å². The van der Waals surface area contributed by atoms with Crippen LogP contribution in [-0.2, 0) is 19.1 Å². The van der Waals surface area contributed by atoms with Crippen molar-refractivity contribution in [3.05, 3.63) is 0 Å². The lowest BCUT2D eigenvalue weighted by molar-refractivity contribution is -0.178. The fraction of sp³-hybridized carbons (Fsp3) is 0.571. The zero-order valence-electron chi connectivity index (χ0n) is 7.26. The standard InChI is InChI=1S/C7H6F3NO4/c8-7(9,10)6(14)11-3-1-2-4(12)15-5(3)13/h3H,1-2H2,(H,11,14)/t3-/m0/s1. The van der Waals surface area contributed by atoms with Gasteiger partial charge in [-0.25, -0.2) is 4.79 Å². The number of alkyl halides is 3. The summed E-state index contributed by atoms with van der Waals surface area (Å²) in [6.45, 7) is 0. The number of hydrogen-bond donors (Lipinski definition) is 1. The summed E-state index contributed by atoms with van der Waals surface area (Å²) in [6.07, 6.45) is -5.43. The molecule has 0 aromatic carbocycles. The number of ether oxygens (including phenoxy) is 1. The molecule has 5 nitrogen and oxygen atoms in total. The van der Waals surface area contributed by atoms with E-state index in [0.29, 0.717) is 0 Å². The van der Waals surface area contributed by atoms with Crippen LogP contribution in [0.15, 0.2) is 0 Å². The predicted octanol–water partition coefficient (Wildman–Crippen LogP) is -0.103. The number of nitrogens with one attached hydrogen (secondary N) is 1. The van der Waals surface area contributed by atoms with Crippen molar-refractivity contribution in [2.75, 3.05) is 0 Å². The van der Waals surface area contributed by atoms with Crippen LogP contribution in [0.2, 0.25) is 0 Å². The Morgan fingerprint density at radius 3 is 2.47 bits per heavy atom. The van der Waals surface area contributed by atoms with Crippen LogP contribution in [0.25, 0.3) is 0 Å². The van der Waals surface area contributed by atoms with Gasteiger partial charge in [-0.05, 0) is 6.42 Å². The van der Waals surface area contributed by atoms with Gasteiger partial charge in [0.25, 0.3) is 0 Å². The minimum absolute atomic E-state index is 0.181. The van der Waals surface area contributed by atoms with Crippen LogP contribution in [0.3, 0.4) is 0 Å². The first-order valence-corrected chi connectivity index (χ1v) is 3.93. The molecule has 1 aliphatic rings. The highest BCUT2D eigenvalue weighted by atomic mass is 19.4. The maximum atomic E-state index is 11.8. The summed E-state index contributed by atoms with van der Waals surface area (Å²) in [4.78, 5) is 31.8. The lowest BCUT2D eigenvalue weighted by Gasteiger charge is -2.20. The summed E-state index contributed by atoms with van der Waals surface area (Å²) >= 11 is 0. The van der Waals surface area contributed by atoms with E-state index in [-0.39, 0.29) is 12.8 Å². The van der Waals surface area contributed by atoms with E-state index in [1.54, 1.807) is 0 Å². The van der Waals surface area contributed by atoms with Crippen LogP contribution in [-0.4, -0.2) is 30.1 Å². The number of amides is 1. The third-order valence-corrected chi connectivity index (χ3v) is 1.70. The lowest BCUT2D eigenvalue weighted by atomic mass is 10.1. The van der Waals surface area contributed by atoms with Crippen LogP contribution >= 0.6 is 0 Å². The maximum absolute atomic E-state index is 11.8. The van der Waals surface area contributed by atoms with E-state index in [1.807, 2.05) is 0 Å². The Morgan fingerprint density at radius 2 is 2.00 bits per heavy atom. The molecule has 0 aliphatic carbocycles. The monoisotopic (exact) mass is 225 g/mol. The predicted molar refractivity (Wildman–Crippen MR) is 38.3 cm³/mol. The van der Waals surface area contributed by atoms with Gasteiger partial charge in [-0.3, -0.25) is 9.59 Å². The Labute approximate surface area is 81.6 Å². The van der Waals surface area contributed by atoms with Gasteiger partial charge in [-0.2, -0.15) is 13.2 Å². The molecule has 1 aliphatic heterocycles. The summed E-state index contributed by atoms with van der Waals surface area (Å²) in [5.41, 5.74) is 0. The van der Waals surface area contributed by atoms with Gasteiger partial charge in [0, 0.05) is 6.42 Å². The number of rotatable bonds is 1. The van der Waals surface area contributed by atoms with Crippen molar-refractivity contribution >= 4 is 17.8 Å². The molecule has 1 N–H and O–H groups in total. The molecular weight excluding hydrogens is 219 g/mol. The summed E-state index contributed by atoms with van der Waals surface area (Å²) < 4.78 is 39.4. The smallest absolute Gasteiger partial charge is 0.392 e. The quantitative estimate of drug-likeness (QED) is 0.499. The van der Waals surface area contributed by atoms with E-state index >= 15 is 0 Å². The SMILES string of the molecule is O=C1CC[C@H](NC(=O)C(F)(F)F)C(=O)O1. The summed E-state index contributed by atoms with van der Waals surface area (Å²) in [6, 6.07) is -1.41. The Morgan fingerprint density at radius 1 is 1.40 bits per heavy atom. The van der Waals surface area contributed by atoms with Crippen molar-refractivity contribution in [1.82, 2.24) is 5.32 Å². The first-order valence-electron chi connectivity index (χ1n) is 3.93. The van der Waals surface area contributed by atoms with Crippen molar-refractivity contribution in [1.29, 1.82) is 0 Å². The molecule has 8 heteroatoms. The van der Waals surface area contributed by atoms with E-state index in [9.17, 15) is 27.6 Å². The summed E-state index contributed by atoms with van der Waals surface area (Å²) in [7, 11) is 0. The van der Waals surface area contributed by atoms with Gasteiger partial charge < -0.3 is 10.1 Å². The number of hydrogen-bond acceptors (Lipinski definition) is 4. The minimum atomic E-state index is -5.05. The van der Waals surface area contributed by atoms with E-state index in [2.05, 4.69) is 4.74 Å². The Hall–Kier alpha value is -1.60. The van der Waals surface area contributed by atoms with Gasteiger partial charge >= 0.3 is 24.0 Å². The second kappa shape index (κ2) is 3.87. The normalized spacial score (nSPS) is 22.2. The molecule has 1 saturated heterocycles. The van der Waals surface area contributed by atoms with Crippen LogP contribution in [0.1, 0.15) is 12.8 Å². The van der Waals surface area contributed by atoms with Crippen molar-refractivity contribution < 1.29 is 32.3 Å². The second-order valence-electron chi connectivity index (χ2n) is 2.86. The fourth-order valence-corrected chi connectivity index (χ4v) is 0.986.